The lowest BCUT2D eigenvalue weighted by Crippen LogP contribution is -2.23. The number of nitrogens with one attached hydrogen (secondary N) is 2. The third-order valence-electron chi connectivity index (χ3n) is 3.49. The van der Waals surface area contributed by atoms with Crippen LogP contribution in [0.25, 0.3) is 5.69 Å². The predicted octanol–water partition coefficient (Wildman–Crippen LogP) is 1.69. The molecule has 126 valence electrons. The highest BCUT2D eigenvalue weighted by Gasteiger charge is 2.06. The number of amides is 3. The van der Waals surface area contributed by atoms with Crippen molar-refractivity contribution in [3.05, 3.63) is 72.3 Å². The fraction of sp³-hybridized carbons (Fsp3) is 0.0588. The Morgan fingerprint density at radius 3 is 2.36 bits per heavy atom. The quantitative estimate of drug-likeness (QED) is 0.657. The van der Waals surface area contributed by atoms with Crippen LogP contribution >= 0.6 is 0 Å². The van der Waals surface area contributed by atoms with Gasteiger partial charge in [-0.2, -0.15) is 5.10 Å². The zero-order valence-electron chi connectivity index (χ0n) is 13.2. The van der Waals surface area contributed by atoms with Crippen LogP contribution in [0.2, 0.25) is 0 Å². The van der Waals surface area contributed by atoms with Gasteiger partial charge in [0, 0.05) is 17.8 Å². The van der Waals surface area contributed by atoms with E-state index in [0.717, 1.165) is 11.3 Å². The van der Waals surface area contributed by atoms with Crippen molar-refractivity contribution in [3.63, 3.8) is 0 Å². The third kappa shape index (κ3) is 4.20. The van der Waals surface area contributed by atoms with Crippen molar-refractivity contribution < 1.29 is 9.59 Å². The molecule has 0 bridgehead atoms. The minimum Gasteiger partial charge on any atom is -0.351 e. The maximum atomic E-state index is 12.2. The van der Waals surface area contributed by atoms with E-state index in [4.69, 9.17) is 5.73 Å². The molecule has 3 aromatic rings. The van der Waals surface area contributed by atoms with Crippen LogP contribution in [0.15, 0.2) is 61.2 Å². The largest absolute Gasteiger partial charge is 0.351 e. The van der Waals surface area contributed by atoms with E-state index in [2.05, 4.69) is 20.7 Å². The number of primary amides is 1. The lowest BCUT2D eigenvalue weighted by Gasteiger charge is -2.07. The summed E-state index contributed by atoms with van der Waals surface area (Å²) in [6, 6.07) is 13.5. The molecule has 25 heavy (non-hydrogen) atoms. The second-order valence-corrected chi connectivity index (χ2v) is 5.26. The number of rotatable bonds is 5. The average Bonchev–Trinajstić information content (AvgIpc) is 3.15. The third-order valence-corrected chi connectivity index (χ3v) is 3.49. The Morgan fingerprint density at radius 2 is 1.76 bits per heavy atom. The summed E-state index contributed by atoms with van der Waals surface area (Å²) in [6.45, 7) is 0.401. The molecule has 3 rings (SSSR count). The van der Waals surface area contributed by atoms with Gasteiger partial charge in [0.1, 0.15) is 12.7 Å². The summed E-state index contributed by atoms with van der Waals surface area (Å²) in [6.07, 6.45) is 3.09. The Labute approximate surface area is 143 Å². The fourth-order valence-corrected chi connectivity index (χ4v) is 2.24. The molecule has 4 N–H and O–H groups in total. The number of nitrogens with two attached hydrogens (primary N) is 1. The van der Waals surface area contributed by atoms with E-state index in [1.54, 1.807) is 35.3 Å². The second-order valence-electron chi connectivity index (χ2n) is 5.26. The molecule has 1 heterocycles. The van der Waals surface area contributed by atoms with Gasteiger partial charge in [-0.25, -0.2) is 14.5 Å². The summed E-state index contributed by atoms with van der Waals surface area (Å²) in [5.41, 5.74) is 7.92. The lowest BCUT2D eigenvalue weighted by molar-refractivity contribution is 0.0951. The van der Waals surface area contributed by atoms with Gasteiger partial charge in [0.25, 0.3) is 5.91 Å². The molecule has 8 nitrogen and oxygen atoms in total. The molecular weight excluding hydrogens is 320 g/mol. The van der Waals surface area contributed by atoms with Crippen molar-refractivity contribution in [1.82, 2.24) is 20.1 Å². The van der Waals surface area contributed by atoms with Gasteiger partial charge in [-0.1, -0.05) is 12.1 Å². The number of carbonyl (C=O) groups excluding carboxylic acids is 2. The average molecular weight is 336 g/mol. The van der Waals surface area contributed by atoms with Crippen LogP contribution in [0.3, 0.4) is 0 Å². The van der Waals surface area contributed by atoms with E-state index in [0.29, 0.717) is 17.8 Å². The van der Waals surface area contributed by atoms with Crippen molar-refractivity contribution >= 4 is 17.6 Å². The Morgan fingerprint density at radius 1 is 1.04 bits per heavy atom. The second kappa shape index (κ2) is 7.26. The fourth-order valence-electron chi connectivity index (χ4n) is 2.24. The molecule has 0 saturated carbocycles. The van der Waals surface area contributed by atoms with E-state index < -0.39 is 6.03 Å². The Balaban J connectivity index is 1.57. The molecular formula is C17H16N6O2. The molecule has 3 amide bonds. The molecule has 0 radical (unpaired) electrons. The minimum absolute atomic E-state index is 0.203. The first-order valence-electron chi connectivity index (χ1n) is 7.50. The first-order valence-corrected chi connectivity index (χ1v) is 7.50. The number of nitrogens with zero attached hydrogens (tertiary/aromatic N) is 3. The summed E-state index contributed by atoms with van der Waals surface area (Å²) in [7, 11) is 0. The van der Waals surface area contributed by atoms with Crippen molar-refractivity contribution in [2.75, 3.05) is 5.32 Å². The number of hydrogen-bond donors (Lipinski definition) is 3. The molecule has 0 aliphatic carbocycles. The van der Waals surface area contributed by atoms with Gasteiger partial charge in [-0.3, -0.25) is 4.79 Å². The first kappa shape index (κ1) is 16.2. The van der Waals surface area contributed by atoms with Crippen LogP contribution in [0, 0.1) is 0 Å². The molecule has 0 unspecified atom stereocenters. The van der Waals surface area contributed by atoms with Gasteiger partial charge >= 0.3 is 6.03 Å². The van der Waals surface area contributed by atoms with Crippen molar-refractivity contribution in [2.45, 2.75) is 6.54 Å². The Hall–Kier alpha value is -3.68. The van der Waals surface area contributed by atoms with E-state index in [1.165, 1.54) is 6.33 Å². The summed E-state index contributed by atoms with van der Waals surface area (Å²) in [5, 5.41) is 9.34. The zero-order chi connectivity index (χ0) is 17.6. The topological polar surface area (TPSA) is 115 Å². The number of benzene rings is 2. The van der Waals surface area contributed by atoms with Crippen molar-refractivity contribution in [1.29, 1.82) is 0 Å². The van der Waals surface area contributed by atoms with Gasteiger partial charge < -0.3 is 16.4 Å². The van der Waals surface area contributed by atoms with Crippen LogP contribution < -0.4 is 16.4 Å². The van der Waals surface area contributed by atoms with E-state index >= 15 is 0 Å². The number of anilines is 1. The van der Waals surface area contributed by atoms with E-state index in [1.807, 2.05) is 24.3 Å². The van der Waals surface area contributed by atoms with Gasteiger partial charge in [-0.05, 0) is 42.0 Å². The standard InChI is InChI=1S/C17H16N6O2/c18-17(25)22-14-5-3-13(4-6-14)16(24)20-9-12-1-7-15(8-2-12)23-11-19-10-21-23/h1-8,10-11H,9H2,(H,20,24)(H3,18,22,25). The molecule has 0 aliphatic rings. The van der Waals surface area contributed by atoms with E-state index in [-0.39, 0.29) is 5.91 Å². The molecule has 0 aliphatic heterocycles. The summed E-state index contributed by atoms with van der Waals surface area (Å²) in [4.78, 5) is 26.8. The van der Waals surface area contributed by atoms with Crippen LogP contribution in [0.5, 0.6) is 0 Å². The number of carbonyl (C=O) groups is 2. The maximum Gasteiger partial charge on any atom is 0.316 e. The first-order chi connectivity index (χ1) is 12.1. The highest BCUT2D eigenvalue weighted by atomic mass is 16.2. The predicted molar refractivity (Wildman–Crippen MR) is 92.2 cm³/mol. The minimum atomic E-state index is -0.647. The van der Waals surface area contributed by atoms with Crippen molar-refractivity contribution in [2.24, 2.45) is 5.73 Å². The normalized spacial score (nSPS) is 10.2. The zero-order valence-corrected chi connectivity index (χ0v) is 13.2. The van der Waals surface area contributed by atoms with Crippen LogP contribution in [0.1, 0.15) is 15.9 Å². The van der Waals surface area contributed by atoms with Gasteiger partial charge in [0.05, 0.1) is 5.69 Å². The Bertz CT molecular complexity index is 857. The molecule has 1 aromatic heterocycles. The molecule has 2 aromatic carbocycles. The number of hydrogen-bond acceptors (Lipinski definition) is 4. The van der Waals surface area contributed by atoms with Gasteiger partial charge in [0.2, 0.25) is 0 Å². The molecule has 0 saturated heterocycles. The summed E-state index contributed by atoms with van der Waals surface area (Å²) < 4.78 is 1.66. The van der Waals surface area contributed by atoms with Gasteiger partial charge in [-0.15, -0.1) is 0 Å². The molecule has 0 atom stereocenters. The highest BCUT2D eigenvalue weighted by molar-refractivity contribution is 5.95. The molecule has 8 heteroatoms. The van der Waals surface area contributed by atoms with Crippen LogP contribution in [0.4, 0.5) is 10.5 Å². The highest BCUT2D eigenvalue weighted by Crippen LogP contribution is 2.10. The SMILES string of the molecule is NC(=O)Nc1ccc(C(=O)NCc2ccc(-n3cncn3)cc2)cc1. The monoisotopic (exact) mass is 336 g/mol. The summed E-state index contributed by atoms with van der Waals surface area (Å²) >= 11 is 0. The smallest absolute Gasteiger partial charge is 0.316 e. The lowest BCUT2D eigenvalue weighted by atomic mass is 10.1. The molecule has 0 fully saturated rings. The number of urea groups is 1. The maximum absolute atomic E-state index is 12.2. The van der Waals surface area contributed by atoms with Crippen LogP contribution in [-0.4, -0.2) is 26.7 Å². The van der Waals surface area contributed by atoms with Gasteiger partial charge in [0.15, 0.2) is 0 Å². The number of aromatic nitrogens is 3. The van der Waals surface area contributed by atoms with Crippen molar-refractivity contribution in [3.8, 4) is 5.69 Å². The Kier molecular flexibility index (Phi) is 4.70. The molecule has 0 spiro atoms. The van der Waals surface area contributed by atoms with E-state index in [9.17, 15) is 9.59 Å². The summed E-state index contributed by atoms with van der Waals surface area (Å²) in [5.74, 6) is -0.203. The van der Waals surface area contributed by atoms with Crippen LogP contribution in [-0.2, 0) is 6.54 Å².